The Morgan fingerprint density at radius 3 is 2.83 bits per heavy atom. The fourth-order valence-corrected chi connectivity index (χ4v) is 3.40. The predicted octanol–water partition coefficient (Wildman–Crippen LogP) is 1.67. The Morgan fingerprint density at radius 2 is 2.21 bits per heavy atom. The average molecular weight is 391 g/mol. The van der Waals surface area contributed by atoms with Crippen LogP contribution in [0.3, 0.4) is 0 Å². The molecule has 2 atom stereocenters. The maximum absolute atomic E-state index is 12.3. The molecular weight excluding hydrogens is 371 g/mol. The Labute approximate surface area is 156 Å². The number of hydrogen-bond donors (Lipinski definition) is 3. The number of nitrogens with zero attached hydrogens (tertiary/aromatic N) is 2. The van der Waals surface area contributed by atoms with Crippen molar-refractivity contribution in [1.29, 1.82) is 0 Å². The minimum absolute atomic E-state index is 0. The topological polar surface area (TPSA) is 87.1 Å². The number of halogens is 2. The average Bonchev–Trinajstić information content (AvgIpc) is 3.12. The lowest BCUT2D eigenvalue weighted by Crippen LogP contribution is -2.34. The first kappa shape index (κ1) is 20.8. The van der Waals surface area contributed by atoms with Crippen LogP contribution in [0.2, 0.25) is 0 Å². The number of aliphatic hydroxyl groups excluding tert-OH is 1. The first-order valence-electron chi connectivity index (χ1n) is 7.21. The Balaban J connectivity index is 0.00000144. The zero-order valence-corrected chi connectivity index (χ0v) is 15.5. The van der Waals surface area contributed by atoms with Crippen LogP contribution in [0.25, 0.3) is 10.7 Å². The number of pyridine rings is 1. The van der Waals surface area contributed by atoms with E-state index < -0.39 is 6.10 Å². The van der Waals surface area contributed by atoms with E-state index in [4.69, 9.17) is 0 Å². The Kier molecular flexibility index (Phi) is 8.05. The van der Waals surface area contributed by atoms with Gasteiger partial charge in [-0.05, 0) is 19.1 Å². The first-order chi connectivity index (χ1) is 10.6. The molecule has 1 fully saturated rings. The van der Waals surface area contributed by atoms with Gasteiger partial charge in [-0.3, -0.25) is 9.78 Å². The molecule has 2 aromatic heterocycles. The summed E-state index contributed by atoms with van der Waals surface area (Å²) in [5.74, 6) is -0.0799. The Bertz CT molecular complexity index is 669. The van der Waals surface area contributed by atoms with Gasteiger partial charge in [0, 0.05) is 31.7 Å². The molecule has 6 nitrogen and oxygen atoms in total. The Morgan fingerprint density at radius 1 is 1.42 bits per heavy atom. The molecule has 3 N–H and O–H groups in total. The van der Waals surface area contributed by atoms with Crippen LogP contribution >= 0.6 is 36.2 Å². The molecule has 1 aliphatic rings. The summed E-state index contributed by atoms with van der Waals surface area (Å²) in [4.78, 5) is 21.6. The van der Waals surface area contributed by atoms with Crippen molar-refractivity contribution in [3.8, 4) is 10.7 Å². The highest BCUT2D eigenvalue weighted by Gasteiger charge is 2.26. The van der Waals surface area contributed by atoms with E-state index >= 15 is 0 Å². The summed E-state index contributed by atoms with van der Waals surface area (Å²) in [5, 5.41) is 16.5. The summed E-state index contributed by atoms with van der Waals surface area (Å²) in [6.45, 7) is 3.60. The van der Waals surface area contributed by atoms with Gasteiger partial charge in [0.05, 0.1) is 17.5 Å². The molecule has 0 aliphatic carbocycles. The zero-order valence-electron chi connectivity index (χ0n) is 13.1. The van der Waals surface area contributed by atoms with Crippen molar-refractivity contribution in [2.75, 3.05) is 19.6 Å². The monoisotopic (exact) mass is 390 g/mol. The van der Waals surface area contributed by atoms with Gasteiger partial charge in [-0.1, -0.05) is 6.07 Å². The molecule has 0 aromatic carbocycles. The summed E-state index contributed by atoms with van der Waals surface area (Å²) in [6, 6.07) is 5.62. The van der Waals surface area contributed by atoms with Gasteiger partial charge in [-0.2, -0.15) is 0 Å². The molecule has 0 radical (unpaired) electrons. The SMILES string of the molecule is Cc1nc(-c2ccccn2)sc1C(=O)NCC1CNCC1O.Cl.Cl. The van der Waals surface area contributed by atoms with Crippen LogP contribution in [-0.2, 0) is 0 Å². The summed E-state index contributed by atoms with van der Waals surface area (Å²) >= 11 is 1.34. The van der Waals surface area contributed by atoms with E-state index in [0.29, 0.717) is 23.7 Å². The highest BCUT2D eigenvalue weighted by Crippen LogP contribution is 2.26. The standard InChI is InChI=1S/C15H18N4O2S.2ClH/c1-9-13(14(21)18-7-10-6-16-8-12(10)20)22-15(19-9)11-4-2-3-5-17-11;;/h2-5,10,12,16,20H,6-8H2,1H3,(H,18,21);2*1H. The molecule has 0 spiro atoms. The summed E-state index contributed by atoms with van der Waals surface area (Å²) < 4.78 is 0. The van der Waals surface area contributed by atoms with Crippen molar-refractivity contribution in [3.63, 3.8) is 0 Å². The molecule has 24 heavy (non-hydrogen) atoms. The maximum Gasteiger partial charge on any atom is 0.263 e. The summed E-state index contributed by atoms with van der Waals surface area (Å²) in [5.41, 5.74) is 1.47. The van der Waals surface area contributed by atoms with Crippen molar-refractivity contribution >= 4 is 42.1 Å². The van der Waals surface area contributed by atoms with Crippen molar-refractivity contribution in [2.24, 2.45) is 5.92 Å². The number of aromatic nitrogens is 2. The lowest BCUT2D eigenvalue weighted by molar-refractivity contribution is 0.0930. The van der Waals surface area contributed by atoms with E-state index in [1.165, 1.54) is 11.3 Å². The first-order valence-corrected chi connectivity index (χ1v) is 8.02. The fourth-order valence-electron chi connectivity index (χ4n) is 2.44. The largest absolute Gasteiger partial charge is 0.391 e. The molecule has 0 bridgehead atoms. The number of carbonyl (C=O) groups excluding carboxylic acids is 1. The van der Waals surface area contributed by atoms with Gasteiger partial charge in [-0.25, -0.2) is 4.98 Å². The van der Waals surface area contributed by atoms with Gasteiger partial charge in [-0.15, -0.1) is 36.2 Å². The lowest BCUT2D eigenvalue weighted by Gasteiger charge is -2.13. The number of carbonyl (C=O) groups is 1. The summed E-state index contributed by atoms with van der Waals surface area (Å²) in [6.07, 6.45) is 1.31. The smallest absolute Gasteiger partial charge is 0.263 e. The zero-order chi connectivity index (χ0) is 15.5. The van der Waals surface area contributed by atoms with Crippen molar-refractivity contribution in [1.82, 2.24) is 20.6 Å². The Hall–Kier alpha value is -1.25. The van der Waals surface area contributed by atoms with E-state index in [9.17, 15) is 9.90 Å². The van der Waals surface area contributed by atoms with Crippen LogP contribution < -0.4 is 10.6 Å². The molecule has 1 aliphatic heterocycles. The number of amides is 1. The molecular formula is C15H20Cl2N4O2S. The quantitative estimate of drug-likeness (QED) is 0.738. The molecule has 132 valence electrons. The molecule has 2 aromatic rings. The van der Waals surface area contributed by atoms with Crippen molar-refractivity contribution in [2.45, 2.75) is 13.0 Å². The second-order valence-corrected chi connectivity index (χ2v) is 6.34. The van der Waals surface area contributed by atoms with Crippen LogP contribution in [0, 0.1) is 12.8 Å². The fraction of sp³-hybridized carbons (Fsp3) is 0.400. The molecule has 1 amide bonds. The van der Waals surface area contributed by atoms with Gasteiger partial charge in [0.2, 0.25) is 0 Å². The van der Waals surface area contributed by atoms with Gasteiger partial charge < -0.3 is 15.7 Å². The third-order valence-corrected chi connectivity index (χ3v) is 4.89. The number of aryl methyl sites for hydroxylation is 1. The van der Waals surface area contributed by atoms with Crippen molar-refractivity contribution < 1.29 is 9.90 Å². The molecule has 3 rings (SSSR count). The van der Waals surface area contributed by atoms with Crippen LogP contribution in [0.1, 0.15) is 15.4 Å². The third kappa shape index (κ3) is 4.64. The number of hydrogen-bond acceptors (Lipinski definition) is 6. The van der Waals surface area contributed by atoms with Crippen LogP contribution in [-0.4, -0.2) is 46.7 Å². The number of β-amino-alcohol motifs (C(OH)–C–C–N with tert-alkyl or cyclic N) is 1. The van der Waals surface area contributed by atoms with E-state index in [2.05, 4.69) is 20.6 Å². The molecule has 3 heterocycles. The number of rotatable bonds is 4. The van der Waals surface area contributed by atoms with Crippen molar-refractivity contribution in [3.05, 3.63) is 35.0 Å². The highest BCUT2D eigenvalue weighted by molar-refractivity contribution is 7.17. The number of aliphatic hydroxyl groups is 1. The number of thiazole rings is 1. The van der Waals surface area contributed by atoms with E-state index in [1.807, 2.05) is 25.1 Å². The number of nitrogens with one attached hydrogen (secondary N) is 2. The lowest BCUT2D eigenvalue weighted by atomic mass is 10.1. The molecule has 1 saturated heterocycles. The van der Waals surface area contributed by atoms with Crippen LogP contribution in [0.15, 0.2) is 24.4 Å². The molecule has 2 unspecified atom stereocenters. The maximum atomic E-state index is 12.3. The minimum Gasteiger partial charge on any atom is -0.391 e. The van der Waals surface area contributed by atoms with E-state index in [1.54, 1.807) is 6.20 Å². The molecule has 9 heteroatoms. The third-order valence-electron chi connectivity index (χ3n) is 3.72. The van der Waals surface area contributed by atoms with Gasteiger partial charge >= 0.3 is 0 Å². The highest BCUT2D eigenvalue weighted by atomic mass is 35.5. The van der Waals surface area contributed by atoms with E-state index in [0.717, 1.165) is 17.2 Å². The van der Waals surface area contributed by atoms with Crippen LogP contribution in [0.4, 0.5) is 0 Å². The normalized spacial score (nSPS) is 19.2. The van der Waals surface area contributed by atoms with Gasteiger partial charge in [0.1, 0.15) is 9.88 Å². The minimum atomic E-state index is -0.396. The molecule has 0 saturated carbocycles. The second kappa shape index (κ2) is 9.29. The van der Waals surface area contributed by atoms with Crippen LogP contribution in [0.5, 0.6) is 0 Å². The van der Waals surface area contributed by atoms with Gasteiger partial charge in [0.25, 0.3) is 5.91 Å². The predicted molar refractivity (Wildman–Crippen MR) is 99.3 cm³/mol. The van der Waals surface area contributed by atoms with E-state index in [-0.39, 0.29) is 36.6 Å². The second-order valence-electron chi connectivity index (χ2n) is 5.34. The van der Waals surface area contributed by atoms with Gasteiger partial charge in [0.15, 0.2) is 0 Å². The summed E-state index contributed by atoms with van der Waals surface area (Å²) in [7, 11) is 0.